The Morgan fingerprint density at radius 2 is 1.27 bits per heavy atom. The first-order valence-corrected chi connectivity index (χ1v) is 12.9. The van der Waals surface area contributed by atoms with Gasteiger partial charge in [-0.05, 0) is 52.7 Å². The molecule has 0 bridgehead atoms. The first-order valence-electron chi connectivity index (χ1n) is 12.1. The van der Waals surface area contributed by atoms with Crippen LogP contribution in [0.5, 0.6) is 0 Å². The number of aromatic nitrogens is 3. The van der Waals surface area contributed by atoms with Crippen LogP contribution in [0.4, 0.5) is 0 Å². The Kier molecular flexibility index (Phi) is 5.03. The van der Waals surface area contributed by atoms with Crippen molar-refractivity contribution in [2.75, 3.05) is 0 Å². The lowest BCUT2D eigenvalue weighted by atomic mass is 10.0. The number of rotatable bonds is 3. The molecule has 0 N–H and O–H groups in total. The highest BCUT2D eigenvalue weighted by Crippen LogP contribution is 2.35. The molecule has 0 spiro atoms. The minimum absolute atomic E-state index is 0.780. The summed E-state index contributed by atoms with van der Waals surface area (Å²) < 4.78 is 4.35. The lowest BCUT2D eigenvalue weighted by Gasteiger charge is -2.08. The number of benzene rings is 4. The Morgan fingerprint density at radius 1 is 0.703 bits per heavy atom. The lowest BCUT2D eigenvalue weighted by molar-refractivity contribution is 0.955. The number of fused-ring (bicyclic) bond motifs is 3. The number of allylic oxidation sites excluding steroid dienone is 1. The summed E-state index contributed by atoms with van der Waals surface area (Å²) in [6.45, 7) is 0. The van der Waals surface area contributed by atoms with Crippen LogP contribution in [0.1, 0.15) is 17.0 Å². The van der Waals surface area contributed by atoms with E-state index in [2.05, 4.69) is 89.0 Å². The molecule has 4 aromatic carbocycles. The average molecular weight is 512 g/mol. The molecule has 1 aliphatic carbocycles. The first kappa shape index (κ1) is 22.0. The fourth-order valence-corrected chi connectivity index (χ4v) is 5.98. The van der Waals surface area contributed by atoms with Crippen LogP contribution in [0.2, 0.25) is 0 Å². The van der Waals surface area contributed by atoms with E-state index in [0.717, 1.165) is 71.1 Å². The van der Waals surface area contributed by atoms with Crippen molar-refractivity contribution in [3.8, 4) is 16.9 Å². The molecule has 0 atom stereocenters. The molecule has 6 aromatic rings. The third kappa shape index (κ3) is 3.43. The molecule has 0 aliphatic heterocycles. The van der Waals surface area contributed by atoms with Crippen LogP contribution in [0.3, 0.4) is 0 Å². The van der Waals surface area contributed by atoms with Crippen LogP contribution in [0.25, 0.3) is 45.0 Å². The molecule has 0 radical (unpaired) electrons. The quantitative estimate of drug-likeness (QED) is 0.179. The Labute approximate surface area is 225 Å². The van der Waals surface area contributed by atoms with Gasteiger partial charge in [-0.3, -0.25) is 4.57 Å². The fraction of sp³-hybridized carbons (Fsp3) is 0.0312. The monoisotopic (exact) mass is 511 g/mol. The Balaban J connectivity index is 1.43. The summed E-state index contributed by atoms with van der Waals surface area (Å²) in [5, 5.41) is 2.33. The summed E-state index contributed by atoms with van der Waals surface area (Å²) in [6, 6.07) is 35.6. The van der Waals surface area contributed by atoms with Gasteiger partial charge in [0.1, 0.15) is 5.82 Å². The Hall–Kier alpha value is -4.19. The molecule has 3 nitrogen and oxygen atoms in total. The second-order valence-electron chi connectivity index (χ2n) is 9.27. The van der Waals surface area contributed by atoms with Gasteiger partial charge in [0.05, 0.1) is 20.9 Å². The fourth-order valence-electron chi connectivity index (χ4n) is 5.26. The van der Waals surface area contributed by atoms with Crippen LogP contribution in [0.15, 0.2) is 109 Å². The van der Waals surface area contributed by atoms with E-state index in [0.29, 0.717) is 0 Å². The zero-order chi connectivity index (χ0) is 25.1. The molecule has 0 fully saturated rings. The van der Waals surface area contributed by atoms with Gasteiger partial charge >= 0.3 is 0 Å². The predicted octanol–water partition coefficient (Wildman–Crippen LogP) is 7.72. The SMILES string of the molecule is Cn1c(-c2ccccc2)cc2c1nc(C=C1C(=S)c3cc4ccccc4cc3C1=S)n2-c1ccccc1. The van der Waals surface area contributed by atoms with Gasteiger partial charge in [0.2, 0.25) is 0 Å². The Morgan fingerprint density at radius 3 is 1.89 bits per heavy atom. The number of para-hydroxylation sites is 1. The molecule has 176 valence electrons. The number of aryl methyl sites for hydroxylation is 1. The normalized spacial score (nSPS) is 13.1. The highest BCUT2D eigenvalue weighted by atomic mass is 32.1. The van der Waals surface area contributed by atoms with E-state index in [1.165, 1.54) is 0 Å². The van der Waals surface area contributed by atoms with Crippen LogP contribution >= 0.6 is 24.4 Å². The maximum atomic E-state index is 5.97. The number of thiocarbonyl (C=S) groups is 2. The zero-order valence-corrected chi connectivity index (χ0v) is 21.7. The second-order valence-corrected chi connectivity index (χ2v) is 10.1. The van der Waals surface area contributed by atoms with Gasteiger partial charge in [0.25, 0.3) is 0 Å². The molecule has 37 heavy (non-hydrogen) atoms. The van der Waals surface area contributed by atoms with Gasteiger partial charge in [-0.15, -0.1) is 0 Å². The summed E-state index contributed by atoms with van der Waals surface area (Å²) in [5.74, 6) is 0.809. The smallest absolute Gasteiger partial charge is 0.159 e. The standard InChI is InChI=1S/C32H21N3S2/c1-34-27(20-10-4-2-5-11-20)19-28-32(34)33-29(35(28)23-14-6-3-7-15-23)18-26-30(36)24-16-21-12-8-9-13-22(21)17-25(24)31(26)37/h2-19H,1H3. The minimum Gasteiger partial charge on any atom is -0.327 e. The topological polar surface area (TPSA) is 22.8 Å². The largest absolute Gasteiger partial charge is 0.327 e. The molecule has 7 rings (SSSR count). The minimum atomic E-state index is 0.780. The van der Waals surface area contributed by atoms with Crippen LogP contribution < -0.4 is 0 Å². The highest BCUT2D eigenvalue weighted by molar-refractivity contribution is 7.84. The molecule has 2 heterocycles. The number of hydrogen-bond acceptors (Lipinski definition) is 3. The summed E-state index contributed by atoms with van der Waals surface area (Å²) in [5.41, 5.74) is 8.20. The second kappa shape index (κ2) is 8.44. The molecular formula is C32H21N3S2. The van der Waals surface area contributed by atoms with Gasteiger partial charge in [0, 0.05) is 29.4 Å². The maximum Gasteiger partial charge on any atom is 0.159 e. The van der Waals surface area contributed by atoms with Crippen LogP contribution in [-0.2, 0) is 7.05 Å². The van der Waals surface area contributed by atoms with E-state index in [-0.39, 0.29) is 0 Å². The molecule has 5 heteroatoms. The van der Waals surface area contributed by atoms with Crippen molar-refractivity contribution in [1.82, 2.24) is 14.1 Å². The molecular weight excluding hydrogens is 491 g/mol. The van der Waals surface area contributed by atoms with Crippen LogP contribution in [-0.4, -0.2) is 23.8 Å². The summed E-state index contributed by atoms with van der Waals surface area (Å²) in [4.78, 5) is 6.68. The molecule has 0 saturated carbocycles. The molecule has 2 aromatic heterocycles. The molecule has 0 amide bonds. The third-order valence-electron chi connectivity index (χ3n) is 7.09. The predicted molar refractivity (Wildman–Crippen MR) is 161 cm³/mol. The highest BCUT2D eigenvalue weighted by Gasteiger charge is 2.28. The third-order valence-corrected chi connectivity index (χ3v) is 7.97. The first-order chi connectivity index (χ1) is 18.1. The van der Waals surface area contributed by atoms with Crippen LogP contribution in [0, 0.1) is 0 Å². The van der Waals surface area contributed by atoms with Gasteiger partial charge in [-0.1, -0.05) is 97.2 Å². The van der Waals surface area contributed by atoms with E-state index in [9.17, 15) is 0 Å². The molecule has 0 saturated heterocycles. The van der Waals surface area contributed by atoms with Gasteiger partial charge in [-0.2, -0.15) is 0 Å². The van der Waals surface area contributed by atoms with Crippen molar-refractivity contribution >= 4 is 62.2 Å². The van der Waals surface area contributed by atoms with Crippen molar-refractivity contribution in [3.05, 3.63) is 126 Å². The maximum absolute atomic E-state index is 5.97. The van der Waals surface area contributed by atoms with Gasteiger partial charge in [-0.25, -0.2) is 4.98 Å². The van der Waals surface area contributed by atoms with Crippen molar-refractivity contribution in [2.45, 2.75) is 0 Å². The number of nitrogens with zero attached hydrogens (tertiary/aromatic N) is 3. The van der Waals surface area contributed by atoms with Crippen molar-refractivity contribution in [2.24, 2.45) is 7.05 Å². The van der Waals surface area contributed by atoms with E-state index in [4.69, 9.17) is 29.4 Å². The van der Waals surface area contributed by atoms with Gasteiger partial charge in [0.15, 0.2) is 5.65 Å². The summed E-state index contributed by atoms with van der Waals surface area (Å²) in [6.07, 6.45) is 2.06. The number of hydrogen-bond donors (Lipinski definition) is 0. The summed E-state index contributed by atoms with van der Waals surface area (Å²) in [7, 11) is 2.07. The van der Waals surface area contributed by atoms with E-state index >= 15 is 0 Å². The number of imidazole rings is 1. The van der Waals surface area contributed by atoms with Crippen molar-refractivity contribution in [1.29, 1.82) is 0 Å². The van der Waals surface area contributed by atoms with Crippen molar-refractivity contribution in [3.63, 3.8) is 0 Å². The van der Waals surface area contributed by atoms with E-state index in [1.54, 1.807) is 0 Å². The van der Waals surface area contributed by atoms with E-state index < -0.39 is 0 Å². The lowest BCUT2D eigenvalue weighted by Crippen LogP contribution is -2.02. The van der Waals surface area contributed by atoms with Crippen molar-refractivity contribution < 1.29 is 0 Å². The molecule has 1 aliphatic rings. The Bertz CT molecular complexity index is 1850. The van der Waals surface area contributed by atoms with Gasteiger partial charge < -0.3 is 4.57 Å². The molecule has 0 unspecified atom stereocenters. The summed E-state index contributed by atoms with van der Waals surface area (Å²) >= 11 is 11.9. The average Bonchev–Trinajstić information content (AvgIpc) is 3.53. The zero-order valence-electron chi connectivity index (χ0n) is 20.1. The van der Waals surface area contributed by atoms with E-state index in [1.807, 2.05) is 36.4 Å².